The molecule has 15 heavy (non-hydrogen) atoms. The van der Waals surface area contributed by atoms with Gasteiger partial charge in [0, 0.05) is 0 Å². The molecule has 0 aliphatic rings. The molecule has 0 N–H and O–H groups in total. The number of hydrogen-bond acceptors (Lipinski definition) is 3. The summed E-state index contributed by atoms with van der Waals surface area (Å²) in [6.45, 7) is 0. The van der Waals surface area contributed by atoms with Crippen LogP contribution in [0.2, 0.25) is 0 Å². The van der Waals surface area contributed by atoms with E-state index in [-0.39, 0.29) is 22.3 Å². The lowest BCUT2D eigenvalue weighted by Gasteiger charge is -2.07. The van der Waals surface area contributed by atoms with Crippen molar-refractivity contribution in [3.8, 4) is 12.1 Å². The summed E-state index contributed by atoms with van der Waals surface area (Å²) in [7, 11) is 0. The molecule has 0 aliphatic heterocycles. The monoisotopic (exact) mass is 271 g/mol. The maximum Gasteiger partial charge on any atom is 0.266 e. The molecule has 0 saturated heterocycles. The summed E-state index contributed by atoms with van der Waals surface area (Å²) in [4.78, 5) is 3.76. The zero-order chi connectivity index (χ0) is 11.4. The minimum atomic E-state index is -2.80. The van der Waals surface area contributed by atoms with Gasteiger partial charge in [-0.1, -0.05) is 0 Å². The Bertz CT molecular complexity index is 460. The average molecular weight is 272 g/mol. The van der Waals surface area contributed by atoms with Crippen molar-refractivity contribution in [3.63, 3.8) is 0 Å². The van der Waals surface area contributed by atoms with Crippen LogP contribution < -0.4 is 0 Å². The molecule has 0 bridgehead atoms. The van der Waals surface area contributed by atoms with Gasteiger partial charge in [0.25, 0.3) is 6.43 Å². The molecule has 0 radical (unpaired) electrons. The molecule has 1 aromatic heterocycles. The maximum atomic E-state index is 12.6. The van der Waals surface area contributed by atoms with E-state index in [0.717, 1.165) is 0 Å². The van der Waals surface area contributed by atoms with Gasteiger partial charge in [-0.05, 0) is 22.0 Å². The smallest absolute Gasteiger partial charge is 0.244 e. The van der Waals surface area contributed by atoms with Crippen LogP contribution in [0.3, 0.4) is 0 Å². The summed E-state index contributed by atoms with van der Waals surface area (Å²) in [6.07, 6.45) is -3.04. The molecule has 1 aromatic rings. The molecular formula is C9H4BrF2N3. The third kappa shape index (κ3) is 2.48. The van der Waals surface area contributed by atoms with Gasteiger partial charge in [0.05, 0.1) is 35.4 Å². The molecule has 6 heteroatoms. The number of alkyl halides is 2. The summed E-state index contributed by atoms with van der Waals surface area (Å²) in [5.74, 6) is 0. The molecule has 1 rings (SSSR count). The highest BCUT2D eigenvalue weighted by Crippen LogP contribution is 2.27. The maximum absolute atomic E-state index is 12.6. The van der Waals surface area contributed by atoms with Crippen LogP contribution >= 0.6 is 15.9 Å². The Morgan fingerprint density at radius 2 is 2.13 bits per heavy atom. The highest BCUT2D eigenvalue weighted by atomic mass is 79.9. The van der Waals surface area contributed by atoms with Crippen LogP contribution in [0.15, 0.2) is 10.7 Å². The predicted molar refractivity (Wildman–Crippen MR) is 50.9 cm³/mol. The zero-order valence-electron chi connectivity index (χ0n) is 7.34. The molecule has 0 saturated carbocycles. The molecular weight excluding hydrogens is 268 g/mol. The molecule has 0 unspecified atom stereocenters. The number of rotatable bonds is 2. The van der Waals surface area contributed by atoms with Gasteiger partial charge in [0.2, 0.25) is 0 Å². The van der Waals surface area contributed by atoms with Crippen molar-refractivity contribution < 1.29 is 8.78 Å². The Kier molecular flexibility index (Phi) is 3.70. The van der Waals surface area contributed by atoms with Crippen LogP contribution in [-0.4, -0.2) is 4.98 Å². The van der Waals surface area contributed by atoms with Gasteiger partial charge in [0.1, 0.15) is 4.60 Å². The van der Waals surface area contributed by atoms with E-state index in [4.69, 9.17) is 10.5 Å². The SMILES string of the molecule is N#CCc1nc(Br)cc(C#N)c1C(F)F. The Labute approximate surface area is 93.1 Å². The van der Waals surface area contributed by atoms with E-state index in [9.17, 15) is 8.78 Å². The second kappa shape index (κ2) is 4.81. The number of pyridine rings is 1. The molecule has 0 aliphatic carbocycles. The summed E-state index contributed by atoms with van der Waals surface area (Å²) < 4.78 is 25.5. The van der Waals surface area contributed by atoms with E-state index in [1.165, 1.54) is 6.07 Å². The quantitative estimate of drug-likeness (QED) is 0.777. The van der Waals surface area contributed by atoms with E-state index in [0.29, 0.717) is 0 Å². The highest BCUT2D eigenvalue weighted by molar-refractivity contribution is 9.10. The van der Waals surface area contributed by atoms with E-state index in [1.807, 2.05) is 0 Å². The molecule has 0 atom stereocenters. The van der Waals surface area contributed by atoms with E-state index >= 15 is 0 Å². The van der Waals surface area contributed by atoms with Gasteiger partial charge in [-0.3, -0.25) is 0 Å². The van der Waals surface area contributed by atoms with Crippen LogP contribution in [0.1, 0.15) is 23.2 Å². The standard InChI is InChI=1S/C9H4BrF2N3/c10-7-3-5(4-14)8(9(11)12)6(15-7)1-2-13/h3,9H,1H2. The Morgan fingerprint density at radius 3 is 2.60 bits per heavy atom. The lowest BCUT2D eigenvalue weighted by molar-refractivity contribution is 0.149. The second-order valence-electron chi connectivity index (χ2n) is 2.60. The van der Waals surface area contributed by atoms with Gasteiger partial charge in [-0.15, -0.1) is 0 Å². The number of nitriles is 2. The summed E-state index contributed by atoms with van der Waals surface area (Å²) in [5.41, 5.74) is -0.669. The Morgan fingerprint density at radius 1 is 1.47 bits per heavy atom. The minimum Gasteiger partial charge on any atom is -0.244 e. The summed E-state index contributed by atoms with van der Waals surface area (Å²) in [5, 5.41) is 17.1. The lowest BCUT2D eigenvalue weighted by Crippen LogP contribution is -2.02. The van der Waals surface area contributed by atoms with Crippen LogP contribution in [0, 0.1) is 22.7 Å². The predicted octanol–water partition coefficient (Wildman–Crippen LogP) is 2.72. The fourth-order valence-corrected chi connectivity index (χ4v) is 1.56. The van der Waals surface area contributed by atoms with Crippen molar-refractivity contribution >= 4 is 15.9 Å². The van der Waals surface area contributed by atoms with E-state index in [1.54, 1.807) is 12.1 Å². The van der Waals surface area contributed by atoms with Crippen LogP contribution in [-0.2, 0) is 6.42 Å². The summed E-state index contributed by atoms with van der Waals surface area (Å²) >= 11 is 2.99. The summed E-state index contributed by atoms with van der Waals surface area (Å²) in [6, 6.07) is 4.60. The lowest BCUT2D eigenvalue weighted by atomic mass is 10.1. The first kappa shape index (κ1) is 11.5. The van der Waals surface area contributed by atoms with Crippen molar-refractivity contribution in [1.29, 1.82) is 10.5 Å². The van der Waals surface area contributed by atoms with Crippen molar-refractivity contribution in [2.24, 2.45) is 0 Å². The van der Waals surface area contributed by atoms with Gasteiger partial charge >= 0.3 is 0 Å². The topological polar surface area (TPSA) is 60.5 Å². The molecule has 1 heterocycles. The Balaban J connectivity index is 3.43. The van der Waals surface area contributed by atoms with Crippen molar-refractivity contribution in [1.82, 2.24) is 4.98 Å². The fourth-order valence-electron chi connectivity index (χ4n) is 1.12. The van der Waals surface area contributed by atoms with Gasteiger partial charge in [-0.25, -0.2) is 13.8 Å². The van der Waals surface area contributed by atoms with Gasteiger partial charge in [0.15, 0.2) is 0 Å². The third-order valence-electron chi connectivity index (χ3n) is 1.69. The second-order valence-corrected chi connectivity index (χ2v) is 3.41. The number of hydrogen-bond donors (Lipinski definition) is 0. The average Bonchev–Trinajstić information content (AvgIpc) is 2.16. The zero-order valence-corrected chi connectivity index (χ0v) is 8.92. The van der Waals surface area contributed by atoms with Crippen LogP contribution in [0.5, 0.6) is 0 Å². The van der Waals surface area contributed by atoms with Crippen molar-refractivity contribution in [2.45, 2.75) is 12.8 Å². The molecule has 0 amide bonds. The third-order valence-corrected chi connectivity index (χ3v) is 2.10. The van der Waals surface area contributed by atoms with Gasteiger partial charge in [-0.2, -0.15) is 10.5 Å². The first-order valence-corrected chi connectivity index (χ1v) is 4.64. The number of nitrogens with zero attached hydrogens (tertiary/aromatic N) is 3. The first-order valence-electron chi connectivity index (χ1n) is 3.84. The van der Waals surface area contributed by atoms with Crippen molar-refractivity contribution in [3.05, 3.63) is 27.5 Å². The fraction of sp³-hybridized carbons (Fsp3) is 0.222. The largest absolute Gasteiger partial charge is 0.266 e. The normalized spacial score (nSPS) is 9.73. The minimum absolute atomic E-state index is 0.0570. The molecule has 0 spiro atoms. The Hall–Kier alpha value is -1.53. The van der Waals surface area contributed by atoms with E-state index < -0.39 is 12.0 Å². The highest BCUT2D eigenvalue weighted by Gasteiger charge is 2.19. The number of aromatic nitrogens is 1. The molecule has 3 nitrogen and oxygen atoms in total. The first-order chi connectivity index (χ1) is 7.10. The molecule has 0 fully saturated rings. The van der Waals surface area contributed by atoms with Crippen LogP contribution in [0.25, 0.3) is 0 Å². The molecule has 76 valence electrons. The number of halogens is 3. The van der Waals surface area contributed by atoms with E-state index in [2.05, 4.69) is 20.9 Å². The van der Waals surface area contributed by atoms with Crippen LogP contribution in [0.4, 0.5) is 8.78 Å². The molecule has 0 aromatic carbocycles. The van der Waals surface area contributed by atoms with Gasteiger partial charge < -0.3 is 0 Å². The van der Waals surface area contributed by atoms with Crippen molar-refractivity contribution in [2.75, 3.05) is 0 Å².